The fourth-order valence-electron chi connectivity index (χ4n) is 4.73. The van der Waals surface area contributed by atoms with Crippen molar-refractivity contribution in [1.82, 2.24) is 20.0 Å². The molecule has 1 N–H and O–H groups in total. The first-order chi connectivity index (χ1) is 17.3. The summed E-state index contributed by atoms with van der Waals surface area (Å²) in [7, 11) is 1.82. The van der Waals surface area contributed by atoms with E-state index in [1.807, 2.05) is 68.3 Å². The van der Waals surface area contributed by atoms with Gasteiger partial charge in [0.15, 0.2) is 0 Å². The first kappa shape index (κ1) is 25.8. The molecule has 1 aliphatic rings. The summed E-state index contributed by atoms with van der Waals surface area (Å²) in [4.78, 5) is 30.0. The quantitative estimate of drug-likeness (QED) is 0.483. The summed E-state index contributed by atoms with van der Waals surface area (Å²) in [5.74, 6) is 0.601. The Morgan fingerprint density at radius 2 is 1.94 bits per heavy atom. The van der Waals surface area contributed by atoms with Crippen LogP contribution >= 0.6 is 11.6 Å². The van der Waals surface area contributed by atoms with Crippen LogP contribution in [0, 0.1) is 19.8 Å². The van der Waals surface area contributed by atoms with Crippen LogP contribution in [-0.4, -0.2) is 58.1 Å². The SMILES string of the molecule is Cc1n[nH]c(C)c1CC(=O)N1CC[C@H](Oc2cccc(Cl)c2)[C@@H](CC(=O)N(C)Cc2ccccc2)C1. The van der Waals surface area contributed by atoms with E-state index in [1.54, 1.807) is 17.0 Å². The predicted molar refractivity (Wildman–Crippen MR) is 140 cm³/mol. The van der Waals surface area contributed by atoms with E-state index in [1.165, 1.54) is 0 Å². The van der Waals surface area contributed by atoms with Crippen molar-refractivity contribution in [3.63, 3.8) is 0 Å². The van der Waals surface area contributed by atoms with Crippen LogP contribution in [0.4, 0.5) is 0 Å². The number of halogens is 1. The van der Waals surface area contributed by atoms with Crippen LogP contribution < -0.4 is 4.74 Å². The molecule has 8 heteroatoms. The van der Waals surface area contributed by atoms with Crippen molar-refractivity contribution in [1.29, 1.82) is 0 Å². The molecule has 2 atom stereocenters. The number of aromatic nitrogens is 2. The number of rotatable bonds is 8. The van der Waals surface area contributed by atoms with Crippen molar-refractivity contribution < 1.29 is 14.3 Å². The number of carbonyl (C=O) groups excluding carboxylic acids is 2. The summed E-state index contributed by atoms with van der Waals surface area (Å²) in [5.41, 5.74) is 3.77. The Kier molecular flexibility index (Phi) is 8.31. The highest BCUT2D eigenvalue weighted by atomic mass is 35.5. The molecule has 36 heavy (non-hydrogen) atoms. The molecule has 1 saturated heterocycles. The van der Waals surface area contributed by atoms with Crippen LogP contribution in [0.1, 0.15) is 35.4 Å². The van der Waals surface area contributed by atoms with Gasteiger partial charge in [0.25, 0.3) is 0 Å². The summed E-state index contributed by atoms with van der Waals surface area (Å²) in [6.07, 6.45) is 1.03. The molecule has 2 amide bonds. The Morgan fingerprint density at radius 3 is 2.64 bits per heavy atom. The highest BCUT2D eigenvalue weighted by Crippen LogP contribution is 2.28. The van der Waals surface area contributed by atoms with E-state index < -0.39 is 0 Å². The smallest absolute Gasteiger partial charge is 0.227 e. The van der Waals surface area contributed by atoms with Crippen molar-refractivity contribution >= 4 is 23.4 Å². The second-order valence-electron chi connectivity index (χ2n) is 9.53. The number of carbonyl (C=O) groups is 2. The number of nitrogens with one attached hydrogen (secondary N) is 1. The summed E-state index contributed by atoms with van der Waals surface area (Å²) in [6.45, 7) is 5.41. The van der Waals surface area contributed by atoms with Gasteiger partial charge in [-0.15, -0.1) is 0 Å². The lowest BCUT2D eigenvalue weighted by molar-refractivity contribution is -0.138. The highest BCUT2D eigenvalue weighted by Gasteiger charge is 2.35. The van der Waals surface area contributed by atoms with Crippen LogP contribution in [0.25, 0.3) is 0 Å². The fourth-order valence-corrected chi connectivity index (χ4v) is 4.91. The van der Waals surface area contributed by atoms with Crippen LogP contribution in [0.5, 0.6) is 5.75 Å². The normalized spacial score (nSPS) is 17.6. The van der Waals surface area contributed by atoms with E-state index in [0.717, 1.165) is 22.5 Å². The minimum absolute atomic E-state index is 0.0272. The lowest BCUT2D eigenvalue weighted by Crippen LogP contribution is -2.49. The number of nitrogens with zero attached hydrogens (tertiary/aromatic N) is 3. The van der Waals surface area contributed by atoms with Gasteiger partial charge in [-0.05, 0) is 37.6 Å². The molecule has 3 aromatic rings. The summed E-state index contributed by atoms with van der Waals surface area (Å²) in [5, 5.41) is 7.76. The van der Waals surface area contributed by atoms with Gasteiger partial charge in [-0.25, -0.2) is 0 Å². The zero-order valence-electron chi connectivity index (χ0n) is 21.0. The summed E-state index contributed by atoms with van der Waals surface area (Å²) in [6, 6.07) is 17.2. The monoisotopic (exact) mass is 508 g/mol. The van der Waals surface area contributed by atoms with Gasteiger partial charge in [0.05, 0.1) is 12.1 Å². The molecule has 1 aliphatic heterocycles. The van der Waals surface area contributed by atoms with Crippen molar-refractivity contribution in [2.45, 2.75) is 45.8 Å². The molecule has 0 spiro atoms. The largest absolute Gasteiger partial charge is 0.490 e. The van der Waals surface area contributed by atoms with Crippen LogP contribution in [0.3, 0.4) is 0 Å². The molecule has 0 bridgehead atoms. The lowest BCUT2D eigenvalue weighted by Gasteiger charge is -2.39. The highest BCUT2D eigenvalue weighted by molar-refractivity contribution is 6.30. The van der Waals surface area contributed by atoms with Crippen molar-refractivity contribution in [2.75, 3.05) is 20.1 Å². The summed E-state index contributed by atoms with van der Waals surface area (Å²) >= 11 is 6.16. The van der Waals surface area contributed by atoms with Gasteiger partial charge < -0.3 is 14.5 Å². The van der Waals surface area contributed by atoms with E-state index in [2.05, 4.69) is 10.2 Å². The van der Waals surface area contributed by atoms with Gasteiger partial charge in [-0.1, -0.05) is 48.0 Å². The first-order valence-corrected chi connectivity index (χ1v) is 12.7. The van der Waals surface area contributed by atoms with Gasteiger partial charge in [-0.3, -0.25) is 14.7 Å². The molecule has 7 nitrogen and oxygen atoms in total. The second-order valence-corrected chi connectivity index (χ2v) is 9.97. The number of aryl methyl sites for hydroxylation is 2. The zero-order valence-corrected chi connectivity index (χ0v) is 21.8. The first-order valence-electron chi connectivity index (χ1n) is 12.3. The van der Waals surface area contributed by atoms with Crippen LogP contribution in [-0.2, 0) is 22.6 Å². The van der Waals surface area contributed by atoms with Crippen molar-refractivity contribution in [3.8, 4) is 5.75 Å². The van der Waals surface area contributed by atoms with E-state index in [0.29, 0.717) is 49.7 Å². The number of benzene rings is 2. The Bertz CT molecular complexity index is 1180. The maximum atomic E-state index is 13.2. The van der Waals surface area contributed by atoms with Gasteiger partial charge in [0, 0.05) is 61.7 Å². The Morgan fingerprint density at radius 1 is 1.17 bits per heavy atom. The average molecular weight is 509 g/mol. The third-order valence-corrected chi connectivity index (χ3v) is 7.07. The number of aromatic amines is 1. The van der Waals surface area contributed by atoms with E-state index in [9.17, 15) is 9.59 Å². The van der Waals surface area contributed by atoms with Crippen molar-refractivity contribution in [2.24, 2.45) is 5.92 Å². The van der Waals surface area contributed by atoms with E-state index in [4.69, 9.17) is 16.3 Å². The van der Waals surface area contributed by atoms with Gasteiger partial charge >= 0.3 is 0 Å². The third kappa shape index (κ3) is 6.46. The number of hydrogen-bond donors (Lipinski definition) is 1. The number of amides is 2. The third-order valence-electron chi connectivity index (χ3n) is 6.83. The molecule has 1 fully saturated rings. The van der Waals surface area contributed by atoms with Crippen molar-refractivity contribution in [3.05, 3.63) is 82.1 Å². The molecule has 2 aromatic carbocycles. The number of likely N-dealkylation sites (tertiary alicyclic amines) is 1. The van der Waals surface area contributed by atoms with Crippen LogP contribution in [0.2, 0.25) is 5.02 Å². The number of H-pyrrole nitrogens is 1. The average Bonchev–Trinajstić information content (AvgIpc) is 3.17. The Hall–Kier alpha value is -3.32. The number of hydrogen-bond acceptors (Lipinski definition) is 4. The maximum Gasteiger partial charge on any atom is 0.227 e. The molecule has 4 rings (SSSR count). The molecule has 0 unspecified atom stereocenters. The molecular weight excluding hydrogens is 476 g/mol. The molecule has 190 valence electrons. The lowest BCUT2D eigenvalue weighted by atomic mass is 9.90. The standard InChI is InChI=1S/C28H33ClN4O3/c1-19-25(20(2)31-30-19)16-28(35)33-13-12-26(36-24-11-7-10-23(29)15-24)22(18-33)14-27(34)32(3)17-21-8-5-4-6-9-21/h4-11,15,22,26H,12-14,16-18H2,1-3H3,(H,30,31)/t22-,26-/m0/s1. The minimum Gasteiger partial charge on any atom is -0.490 e. The second kappa shape index (κ2) is 11.6. The molecule has 0 radical (unpaired) electrons. The molecule has 1 aromatic heterocycles. The topological polar surface area (TPSA) is 78.5 Å². The summed E-state index contributed by atoms with van der Waals surface area (Å²) < 4.78 is 6.31. The Balaban J connectivity index is 1.47. The molecule has 0 saturated carbocycles. The molecule has 2 heterocycles. The fraction of sp³-hybridized carbons (Fsp3) is 0.393. The number of ether oxygens (including phenoxy) is 1. The van der Waals surface area contributed by atoms with E-state index in [-0.39, 0.29) is 23.8 Å². The van der Waals surface area contributed by atoms with Gasteiger partial charge in [0.2, 0.25) is 11.8 Å². The number of piperidine rings is 1. The van der Waals surface area contributed by atoms with Gasteiger partial charge in [-0.2, -0.15) is 5.10 Å². The maximum absolute atomic E-state index is 13.2. The predicted octanol–water partition coefficient (Wildman–Crippen LogP) is 4.57. The molecule has 0 aliphatic carbocycles. The molecular formula is C28H33ClN4O3. The minimum atomic E-state index is -0.195. The van der Waals surface area contributed by atoms with Crippen LogP contribution in [0.15, 0.2) is 54.6 Å². The van der Waals surface area contributed by atoms with E-state index >= 15 is 0 Å². The van der Waals surface area contributed by atoms with Gasteiger partial charge in [0.1, 0.15) is 11.9 Å². The zero-order chi connectivity index (χ0) is 25.7. The Labute approximate surface area is 217 Å².